The first-order valence-electron chi connectivity index (χ1n) is 10.1. The van der Waals surface area contributed by atoms with Crippen LogP contribution >= 0.6 is 0 Å². The Morgan fingerprint density at radius 1 is 0.862 bits per heavy atom. The van der Waals surface area contributed by atoms with E-state index in [1.807, 2.05) is 36.4 Å². The summed E-state index contributed by atoms with van der Waals surface area (Å²) in [6, 6.07) is 28.1. The van der Waals surface area contributed by atoms with Crippen LogP contribution in [-0.4, -0.2) is 30.2 Å². The van der Waals surface area contributed by atoms with Crippen LogP contribution in [0, 0.1) is 0 Å². The predicted molar refractivity (Wildman–Crippen MR) is 111 cm³/mol. The van der Waals surface area contributed by atoms with Gasteiger partial charge in [-0.15, -0.1) is 0 Å². The minimum Gasteiger partial charge on any atom is -0.410 e. The van der Waals surface area contributed by atoms with Gasteiger partial charge in [-0.05, 0) is 35.2 Å². The predicted octanol–water partition coefficient (Wildman–Crippen LogP) is 5.16. The highest BCUT2D eigenvalue weighted by Gasteiger charge is 2.41. The lowest BCUT2D eigenvalue weighted by atomic mass is 9.79. The molecule has 3 aromatic carbocycles. The SMILES string of the molecule is O=C(Oc1ccccc1)N1CC[C@H]2c3ccccc3C(c3ccccc3)O[C@H]2C1. The van der Waals surface area contributed by atoms with E-state index in [0.717, 1.165) is 12.0 Å². The van der Waals surface area contributed by atoms with E-state index in [2.05, 4.69) is 36.4 Å². The molecule has 1 saturated heterocycles. The molecule has 3 aromatic rings. The van der Waals surface area contributed by atoms with Crippen LogP contribution in [0.5, 0.6) is 5.75 Å². The van der Waals surface area contributed by atoms with Gasteiger partial charge in [0, 0.05) is 12.5 Å². The summed E-state index contributed by atoms with van der Waals surface area (Å²) in [6.07, 6.45) is 0.395. The van der Waals surface area contributed by atoms with Crippen molar-refractivity contribution in [2.75, 3.05) is 13.1 Å². The van der Waals surface area contributed by atoms with E-state index in [-0.39, 0.29) is 18.3 Å². The zero-order chi connectivity index (χ0) is 19.6. The molecular weight excluding hydrogens is 362 g/mol. The van der Waals surface area contributed by atoms with Gasteiger partial charge in [-0.1, -0.05) is 72.8 Å². The smallest absolute Gasteiger partial charge is 0.410 e. The highest BCUT2D eigenvalue weighted by molar-refractivity contribution is 5.71. The van der Waals surface area contributed by atoms with Crippen LogP contribution in [0.2, 0.25) is 0 Å². The first-order chi connectivity index (χ1) is 14.3. The fourth-order valence-corrected chi connectivity index (χ4v) is 4.45. The molecule has 0 spiro atoms. The maximum Gasteiger partial charge on any atom is 0.415 e. The maximum atomic E-state index is 12.7. The molecule has 2 heterocycles. The molecule has 1 amide bonds. The Hall–Kier alpha value is -3.11. The summed E-state index contributed by atoms with van der Waals surface area (Å²) in [5, 5.41) is 0. The second-order valence-electron chi connectivity index (χ2n) is 7.62. The van der Waals surface area contributed by atoms with Gasteiger partial charge in [0.25, 0.3) is 0 Å². The molecule has 4 heteroatoms. The maximum absolute atomic E-state index is 12.7. The highest BCUT2D eigenvalue weighted by Crippen LogP contribution is 2.44. The van der Waals surface area contributed by atoms with Gasteiger partial charge in [-0.3, -0.25) is 0 Å². The number of hydrogen-bond donors (Lipinski definition) is 0. The number of likely N-dealkylation sites (tertiary alicyclic amines) is 1. The van der Waals surface area contributed by atoms with E-state index in [1.165, 1.54) is 11.1 Å². The fourth-order valence-electron chi connectivity index (χ4n) is 4.45. The molecule has 1 unspecified atom stereocenters. The molecule has 2 aliphatic heterocycles. The van der Waals surface area contributed by atoms with Crippen molar-refractivity contribution < 1.29 is 14.3 Å². The number of hydrogen-bond acceptors (Lipinski definition) is 3. The van der Waals surface area contributed by atoms with Gasteiger partial charge < -0.3 is 14.4 Å². The van der Waals surface area contributed by atoms with Crippen molar-refractivity contribution in [2.24, 2.45) is 0 Å². The summed E-state index contributed by atoms with van der Waals surface area (Å²) in [5.74, 6) is 0.864. The average Bonchev–Trinajstić information content (AvgIpc) is 2.79. The molecule has 0 aliphatic carbocycles. The Morgan fingerprint density at radius 2 is 1.52 bits per heavy atom. The summed E-state index contributed by atoms with van der Waals surface area (Å²) in [7, 11) is 0. The minimum atomic E-state index is -0.312. The van der Waals surface area contributed by atoms with Crippen molar-refractivity contribution in [1.82, 2.24) is 4.90 Å². The van der Waals surface area contributed by atoms with E-state index < -0.39 is 0 Å². The number of nitrogens with zero attached hydrogens (tertiary/aromatic N) is 1. The van der Waals surface area contributed by atoms with Crippen LogP contribution in [0.25, 0.3) is 0 Å². The van der Waals surface area contributed by atoms with Crippen LogP contribution in [0.4, 0.5) is 4.79 Å². The van der Waals surface area contributed by atoms with Gasteiger partial charge in [-0.25, -0.2) is 4.79 Å². The molecule has 2 aliphatic rings. The zero-order valence-corrected chi connectivity index (χ0v) is 16.1. The van der Waals surface area contributed by atoms with Crippen molar-refractivity contribution in [3.05, 3.63) is 102 Å². The number of carbonyl (C=O) groups excluding carboxylic acids is 1. The summed E-state index contributed by atoms with van der Waals surface area (Å²) in [4.78, 5) is 14.5. The second-order valence-corrected chi connectivity index (χ2v) is 7.62. The third-order valence-electron chi connectivity index (χ3n) is 5.86. The van der Waals surface area contributed by atoms with Crippen LogP contribution in [0.3, 0.4) is 0 Å². The molecule has 4 nitrogen and oxygen atoms in total. The normalized spacial score (nSPS) is 23.0. The van der Waals surface area contributed by atoms with Crippen LogP contribution in [0.1, 0.15) is 35.1 Å². The molecule has 0 radical (unpaired) electrons. The minimum absolute atomic E-state index is 0.0489. The van der Waals surface area contributed by atoms with Gasteiger partial charge in [-0.2, -0.15) is 0 Å². The van der Waals surface area contributed by atoms with E-state index in [1.54, 1.807) is 17.0 Å². The summed E-state index contributed by atoms with van der Waals surface area (Å²) < 4.78 is 12.1. The van der Waals surface area contributed by atoms with E-state index >= 15 is 0 Å². The topological polar surface area (TPSA) is 38.8 Å². The van der Waals surface area contributed by atoms with Crippen LogP contribution in [0.15, 0.2) is 84.9 Å². The summed E-state index contributed by atoms with van der Waals surface area (Å²) >= 11 is 0. The van der Waals surface area contributed by atoms with E-state index in [0.29, 0.717) is 24.8 Å². The molecule has 5 rings (SSSR count). The first kappa shape index (κ1) is 18.0. The molecule has 3 atom stereocenters. The van der Waals surface area contributed by atoms with Crippen molar-refractivity contribution in [3.8, 4) is 5.75 Å². The molecule has 0 bridgehead atoms. The molecule has 0 aromatic heterocycles. The highest BCUT2D eigenvalue weighted by atomic mass is 16.6. The third-order valence-corrected chi connectivity index (χ3v) is 5.86. The third kappa shape index (κ3) is 3.52. The van der Waals surface area contributed by atoms with Crippen molar-refractivity contribution in [3.63, 3.8) is 0 Å². The second kappa shape index (κ2) is 7.72. The number of ether oxygens (including phenoxy) is 2. The number of piperidine rings is 1. The van der Waals surface area contributed by atoms with Crippen molar-refractivity contribution >= 4 is 6.09 Å². The van der Waals surface area contributed by atoms with E-state index in [9.17, 15) is 4.79 Å². The molecule has 1 fully saturated rings. The number of rotatable bonds is 2. The van der Waals surface area contributed by atoms with Gasteiger partial charge >= 0.3 is 6.09 Å². The van der Waals surface area contributed by atoms with Gasteiger partial charge in [0.05, 0.1) is 12.6 Å². The Bertz CT molecular complexity index is 989. The first-order valence-corrected chi connectivity index (χ1v) is 10.1. The number of fused-ring (bicyclic) bond motifs is 3. The molecular formula is C25H23NO3. The zero-order valence-electron chi connectivity index (χ0n) is 16.1. The number of carbonyl (C=O) groups is 1. The molecule has 0 saturated carbocycles. The summed E-state index contributed by atoms with van der Waals surface area (Å²) in [5.41, 5.74) is 3.72. The lowest BCUT2D eigenvalue weighted by Crippen LogP contribution is -2.49. The Labute approximate surface area is 170 Å². The molecule has 146 valence electrons. The van der Waals surface area contributed by atoms with Crippen LogP contribution in [-0.2, 0) is 4.74 Å². The largest absolute Gasteiger partial charge is 0.415 e. The van der Waals surface area contributed by atoms with Crippen molar-refractivity contribution in [1.29, 1.82) is 0 Å². The van der Waals surface area contributed by atoms with E-state index in [4.69, 9.17) is 9.47 Å². The van der Waals surface area contributed by atoms with Crippen molar-refractivity contribution in [2.45, 2.75) is 24.5 Å². The van der Waals surface area contributed by atoms with Crippen LogP contribution < -0.4 is 4.74 Å². The lowest BCUT2D eigenvalue weighted by molar-refractivity contribution is -0.0538. The number of amides is 1. The van der Waals surface area contributed by atoms with Gasteiger partial charge in [0.15, 0.2) is 0 Å². The van der Waals surface area contributed by atoms with Gasteiger partial charge in [0.2, 0.25) is 0 Å². The lowest BCUT2D eigenvalue weighted by Gasteiger charge is -2.44. The summed E-state index contributed by atoms with van der Waals surface area (Å²) in [6.45, 7) is 1.20. The standard InChI is InChI=1S/C25H23NO3/c27-25(28-19-11-5-2-6-12-19)26-16-15-21-20-13-7-8-14-22(20)24(29-23(21)17-26)18-9-3-1-4-10-18/h1-14,21,23-24H,15-17H2/t21-,23-,24?/m0/s1. The Balaban J connectivity index is 1.39. The number of para-hydroxylation sites is 1. The Kier molecular flexibility index (Phi) is 4.78. The van der Waals surface area contributed by atoms with Gasteiger partial charge in [0.1, 0.15) is 11.9 Å². The average molecular weight is 385 g/mol. The Morgan fingerprint density at radius 3 is 2.28 bits per heavy atom. The molecule has 0 N–H and O–H groups in total. The fraction of sp³-hybridized carbons (Fsp3) is 0.240. The monoisotopic (exact) mass is 385 g/mol. The molecule has 29 heavy (non-hydrogen) atoms. The quantitative estimate of drug-likeness (QED) is 0.611. The number of benzene rings is 3.